The van der Waals surface area contributed by atoms with Crippen LogP contribution in [-0.4, -0.2) is 6.04 Å². The van der Waals surface area contributed by atoms with E-state index >= 15 is 0 Å². The molecule has 0 amide bonds. The van der Waals surface area contributed by atoms with E-state index in [1.165, 1.54) is 6.07 Å². The van der Waals surface area contributed by atoms with Crippen LogP contribution in [0.3, 0.4) is 0 Å². The minimum absolute atomic E-state index is 0.243. The molecule has 0 radical (unpaired) electrons. The van der Waals surface area contributed by atoms with Gasteiger partial charge in [0.25, 0.3) is 0 Å². The van der Waals surface area contributed by atoms with E-state index in [9.17, 15) is 8.78 Å². The summed E-state index contributed by atoms with van der Waals surface area (Å²) in [6.07, 6.45) is 0. The highest BCUT2D eigenvalue weighted by Crippen LogP contribution is 2.28. The van der Waals surface area contributed by atoms with Crippen molar-refractivity contribution < 1.29 is 8.78 Å². The predicted octanol–water partition coefficient (Wildman–Crippen LogP) is 4.78. The average Bonchev–Trinajstić information content (AvgIpc) is 2.40. The van der Waals surface area contributed by atoms with E-state index in [2.05, 4.69) is 5.32 Å². The Hall–Kier alpha value is -1.45. The van der Waals surface area contributed by atoms with E-state index in [1.807, 2.05) is 13.8 Å². The first kappa shape index (κ1) is 14.9. The summed E-state index contributed by atoms with van der Waals surface area (Å²) in [5.41, 5.74) is 1.72. The number of hydrogen-bond acceptors (Lipinski definition) is 1. The molecule has 0 unspecified atom stereocenters. The van der Waals surface area contributed by atoms with E-state index in [4.69, 9.17) is 11.6 Å². The van der Waals surface area contributed by atoms with E-state index in [0.29, 0.717) is 23.2 Å². The van der Waals surface area contributed by atoms with Crippen LogP contribution in [0.5, 0.6) is 0 Å². The molecular formula is C16H16ClF2N. The van der Waals surface area contributed by atoms with Crippen LogP contribution < -0.4 is 5.32 Å². The van der Waals surface area contributed by atoms with Crippen LogP contribution in [-0.2, 0) is 6.54 Å². The second-order valence-corrected chi connectivity index (χ2v) is 5.37. The molecule has 4 heteroatoms. The molecule has 0 aliphatic carbocycles. The van der Waals surface area contributed by atoms with E-state index in [-0.39, 0.29) is 5.56 Å². The van der Waals surface area contributed by atoms with Gasteiger partial charge in [-0.3, -0.25) is 0 Å². The van der Waals surface area contributed by atoms with Gasteiger partial charge >= 0.3 is 0 Å². The van der Waals surface area contributed by atoms with Crippen LogP contribution in [0.4, 0.5) is 8.78 Å². The predicted molar refractivity (Wildman–Crippen MR) is 78.8 cm³/mol. The van der Waals surface area contributed by atoms with Gasteiger partial charge in [-0.05, 0) is 41.5 Å². The topological polar surface area (TPSA) is 12.0 Å². The number of hydrogen-bond donors (Lipinski definition) is 1. The molecule has 1 N–H and O–H groups in total. The minimum atomic E-state index is -0.460. The molecule has 0 saturated heterocycles. The summed E-state index contributed by atoms with van der Waals surface area (Å²) in [4.78, 5) is 0. The van der Waals surface area contributed by atoms with E-state index < -0.39 is 11.6 Å². The first-order valence-electron chi connectivity index (χ1n) is 6.44. The van der Waals surface area contributed by atoms with Gasteiger partial charge in [-0.1, -0.05) is 31.5 Å². The van der Waals surface area contributed by atoms with Crippen molar-refractivity contribution in [2.24, 2.45) is 0 Å². The van der Waals surface area contributed by atoms with Gasteiger partial charge < -0.3 is 5.32 Å². The Kier molecular flexibility index (Phi) is 4.73. The van der Waals surface area contributed by atoms with Crippen molar-refractivity contribution in [1.29, 1.82) is 0 Å². The number of halogens is 3. The SMILES string of the molecule is CC(C)NCc1cc(-c2cc(F)ccc2F)ccc1Cl. The van der Waals surface area contributed by atoms with E-state index in [0.717, 1.165) is 17.7 Å². The second kappa shape index (κ2) is 6.33. The maximum Gasteiger partial charge on any atom is 0.131 e. The zero-order valence-electron chi connectivity index (χ0n) is 11.4. The summed E-state index contributed by atoms with van der Waals surface area (Å²) >= 11 is 6.13. The molecule has 0 bridgehead atoms. The van der Waals surface area contributed by atoms with Crippen LogP contribution in [0.1, 0.15) is 19.4 Å². The summed E-state index contributed by atoms with van der Waals surface area (Å²) in [6, 6.07) is 8.94. The highest BCUT2D eigenvalue weighted by molar-refractivity contribution is 6.31. The van der Waals surface area contributed by atoms with Crippen LogP contribution in [0, 0.1) is 11.6 Å². The Bertz CT molecular complexity index is 611. The van der Waals surface area contributed by atoms with Crippen molar-refractivity contribution in [3.05, 3.63) is 58.6 Å². The summed E-state index contributed by atoms with van der Waals surface area (Å²) in [5.74, 6) is -0.908. The zero-order chi connectivity index (χ0) is 14.7. The lowest BCUT2D eigenvalue weighted by molar-refractivity contribution is 0.589. The van der Waals surface area contributed by atoms with Gasteiger partial charge in [-0.25, -0.2) is 8.78 Å². The summed E-state index contributed by atoms with van der Waals surface area (Å²) in [5, 5.41) is 3.86. The largest absolute Gasteiger partial charge is 0.310 e. The van der Waals surface area contributed by atoms with Crippen LogP contribution in [0.2, 0.25) is 5.02 Å². The van der Waals surface area contributed by atoms with Gasteiger partial charge in [0, 0.05) is 23.2 Å². The first-order chi connectivity index (χ1) is 9.47. The Morgan fingerprint density at radius 2 is 1.85 bits per heavy atom. The fourth-order valence-electron chi connectivity index (χ4n) is 1.91. The molecule has 0 saturated carbocycles. The van der Waals surface area contributed by atoms with Crippen molar-refractivity contribution in [2.75, 3.05) is 0 Å². The Morgan fingerprint density at radius 3 is 2.55 bits per heavy atom. The highest BCUT2D eigenvalue weighted by atomic mass is 35.5. The number of rotatable bonds is 4. The van der Waals surface area contributed by atoms with Crippen molar-refractivity contribution in [3.8, 4) is 11.1 Å². The first-order valence-corrected chi connectivity index (χ1v) is 6.82. The van der Waals surface area contributed by atoms with Crippen molar-refractivity contribution in [2.45, 2.75) is 26.4 Å². The molecule has 0 aromatic heterocycles. The van der Waals surface area contributed by atoms with Crippen molar-refractivity contribution >= 4 is 11.6 Å². The lowest BCUT2D eigenvalue weighted by atomic mass is 10.0. The van der Waals surface area contributed by atoms with E-state index in [1.54, 1.807) is 18.2 Å². The fourth-order valence-corrected chi connectivity index (χ4v) is 2.09. The quantitative estimate of drug-likeness (QED) is 0.855. The monoisotopic (exact) mass is 295 g/mol. The maximum absolute atomic E-state index is 13.8. The third kappa shape index (κ3) is 3.56. The standard InChI is InChI=1S/C16H16ClF2N/c1-10(2)20-9-12-7-11(3-5-15(12)17)14-8-13(18)4-6-16(14)19/h3-8,10,20H,9H2,1-2H3. The smallest absolute Gasteiger partial charge is 0.131 e. The molecule has 0 spiro atoms. The van der Waals surface area contributed by atoms with Gasteiger partial charge in [0.2, 0.25) is 0 Å². The van der Waals surface area contributed by atoms with Crippen molar-refractivity contribution in [1.82, 2.24) is 5.32 Å². The third-order valence-corrected chi connectivity index (χ3v) is 3.35. The molecule has 0 fully saturated rings. The molecule has 20 heavy (non-hydrogen) atoms. The molecule has 2 aromatic rings. The molecule has 0 heterocycles. The van der Waals surface area contributed by atoms with Gasteiger partial charge in [0.1, 0.15) is 11.6 Å². The Morgan fingerprint density at radius 1 is 1.10 bits per heavy atom. The van der Waals surface area contributed by atoms with Crippen molar-refractivity contribution in [3.63, 3.8) is 0 Å². The lowest BCUT2D eigenvalue weighted by Crippen LogP contribution is -2.22. The molecule has 0 aliphatic rings. The number of benzene rings is 2. The third-order valence-electron chi connectivity index (χ3n) is 2.99. The summed E-state index contributed by atoms with van der Waals surface area (Å²) < 4.78 is 27.0. The maximum atomic E-state index is 13.8. The Labute approximate surface area is 122 Å². The van der Waals surface area contributed by atoms with Gasteiger partial charge in [-0.15, -0.1) is 0 Å². The van der Waals surface area contributed by atoms with Crippen LogP contribution in [0.15, 0.2) is 36.4 Å². The summed E-state index contributed by atoms with van der Waals surface area (Å²) in [6.45, 7) is 4.65. The molecule has 0 aliphatic heterocycles. The summed E-state index contributed by atoms with van der Waals surface area (Å²) in [7, 11) is 0. The van der Waals surface area contributed by atoms with Gasteiger partial charge in [0.05, 0.1) is 0 Å². The zero-order valence-corrected chi connectivity index (χ0v) is 12.1. The molecule has 2 aromatic carbocycles. The molecule has 106 valence electrons. The van der Waals surface area contributed by atoms with Crippen LogP contribution >= 0.6 is 11.6 Å². The molecule has 0 atom stereocenters. The average molecular weight is 296 g/mol. The van der Waals surface area contributed by atoms with Crippen LogP contribution in [0.25, 0.3) is 11.1 Å². The fraction of sp³-hybridized carbons (Fsp3) is 0.250. The molecule has 2 rings (SSSR count). The van der Waals surface area contributed by atoms with Gasteiger partial charge in [0.15, 0.2) is 0 Å². The second-order valence-electron chi connectivity index (χ2n) is 4.97. The molecule has 1 nitrogen and oxygen atoms in total. The minimum Gasteiger partial charge on any atom is -0.310 e. The molecular weight excluding hydrogens is 280 g/mol. The Balaban J connectivity index is 2.37. The highest BCUT2D eigenvalue weighted by Gasteiger charge is 2.09. The lowest BCUT2D eigenvalue weighted by Gasteiger charge is -2.12. The normalized spacial score (nSPS) is 11.1. The van der Waals surface area contributed by atoms with Gasteiger partial charge in [-0.2, -0.15) is 0 Å². The number of nitrogens with one attached hydrogen (secondary N) is 1.